The molecule has 0 aliphatic rings. The highest BCUT2D eigenvalue weighted by molar-refractivity contribution is 7.89. The standard InChI is InChI=1S/C11H15ClFN3O3S/c1-7(5-11(14)15-17)16(2)20(18,19)10-6-8(13)3-4-9(10)12/h3-4,6-7,17H,5H2,1-2H3,(H2,14,15). The molecular formula is C11H15ClFN3O3S. The van der Waals surface area contributed by atoms with Gasteiger partial charge in [-0.2, -0.15) is 4.31 Å². The van der Waals surface area contributed by atoms with E-state index in [1.807, 2.05) is 0 Å². The van der Waals surface area contributed by atoms with Gasteiger partial charge in [-0.25, -0.2) is 12.8 Å². The molecule has 0 spiro atoms. The highest BCUT2D eigenvalue weighted by Crippen LogP contribution is 2.26. The molecule has 0 radical (unpaired) electrons. The van der Waals surface area contributed by atoms with E-state index in [0.717, 1.165) is 16.4 Å². The normalized spacial score (nSPS) is 14.6. The summed E-state index contributed by atoms with van der Waals surface area (Å²) in [4.78, 5) is -0.326. The summed E-state index contributed by atoms with van der Waals surface area (Å²) in [6.45, 7) is 1.57. The zero-order valence-corrected chi connectivity index (χ0v) is 12.5. The molecule has 1 rings (SSSR count). The summed E-state index contributed by atoms with van der Waals surface area (Å²) >= 11 is 5.80. The molecule has 1 unspecified atom stereocenters. The summed E-state index contributed by atoms with van der Waals surface area (Å²) in [5.74, 6) is -0.810. The minimum atomic E-state index is -3.98. The van der Waals surface area contributed by atoms with Gasteiger partial charge in [0.2, 0.25) is 10.0 Å². The maximum Gasteiger partial charge on any atom is 0.244 e. The number of halogens is 2. The number of sulfonamides is 1. The van der Waals surface area contributed by atoms with Crippen molar-refractivity contribution in [2.45, 2.75) is 24.3 Å². The first-order chi connectivity index (χ1) is 9.20. The van der Waals surface area contributed by atoms with Crippen LogP contribution in [0.15, 0.2) is 28.3 Å². The van der Waals surface area contributed by atoms with Crippen LogP contribution in [0, 0.1) is 5.82 Å². The van der Waals surface area contributed by atoms with Crippen molar-refractivity contribution in [1.29, 1.82) is 0 Å². The van der Waals surface area contributed by atoms with Gasteiger partial charge in [0.15, 0.2) is 0 Å². The third kappa shape index (κ3) is 3.59. The van der Waals surface area contributed by atoms with Crippen molar-refractivity contribution < 1.29 is 18.0 Å². The van der Waals surface area contributed by atoms with E-state index in [4.69, 9.17) is 22.5 Å². The van der Waals surface area contributed by atoms with E-state index in [0.29, 0.717) is 0 Å². The molecule has 6 nitrogen and oxygen atoms in total. The Bertz CT molecular complexity index is 621. The molecule has 0 fully saturated rings. The van der Waals surface area contributed by atoms with Crippen LogP contribution in [-0.2, 0) is 10.0 Å². The third-order valence-corrected chi connectivity index (χ3v) is 5.26. The molecule has 0 amide bonds. The number of nitrogens with zero attached hydrogens (tertiary/aromatic N) is 2. The second kappa shape index (κ2) is 6.38. The monoisotopic (exact) mass is 323 g/mol. The van der Waals surface area contributed by atoms with Gasteiger partial charge in [-0.15, -0.1) is 0 Å². The Morgan fingerprint density at radius 1 is 1.60 bits per heavy atom. The topological polar surface area (TPSA) is 96.0 Å². The van der Waals surface area contributed by atoms with E-state index in [9.17, 15) is 12.8 Å². The number of hydrogen-bond donors (Lipinski definition) is 2. The number of benzene rings is 1. The molecule has 9 heteroatoms. The van der Waals surface area contributed by atoms with Crippen molar-refractivity contribution in [3.8, 4) is 0 Å². The minimum absolute atomic E-state index is 0.0269. The quantitative estimate of drug-likeness (QED) is 0.372. The number of nitrogens with two attached hydrogens (primary N) is 1. The van der Waals surface area contributed by atoms with Crippen molar-refractivity contribution in [2.24, 2.45) is 10.9 Å². The van der Waals surface area contributed by atoms with Crippen LogP contribution in [0.2, 0.25) is 5.02 Å². The largest absolute Gasteiger partial charge is 0.409 e. The molecule has 0 saturated heterocycles. The Hall–Kier alpha value is -1.38. The number of hydrogen-bond acceptors (Lipinski definition) is 4. The molecule has 0 aliphatic heterocycles. The van der Waals surface area contributed by atoms with Gasteiger partial charge < -0.3 is 10.9 Å². The second-order valence-corrected chi connectivity index (χ2v) is 6.61. The van der Waals surface area contributed by atoms with Crippen molar-refractivity contribution >= 4 is 27.5 Å². The average molecular weight is 324 g/mol. The predicted octanol–water partition coefficient (Wildman–Crippen LogP) is 1.62. The Balaban J connectivity index is 3.12. The predicted molar refractivity (Wildman–Crippen MR) is 73.8 cm³/mol. The van der Waals surface area contributed by atoms with E-state index in [1.165, 1.54) is 13.1 Å². The summed E-state index contributed by atoms with van der Waals surface area (Å²) in [6.07, 6.45) is 0.0269. The molecular weight excluding hydrogens is 309 g/mol. The van der Waals surface area contributed by atoms with Crippen molar-refractivity contribution in [2.75, 3.05) is 7.05 Å². The maximum atomic E-state index is 13.2. The second-order valence-electron chi connectivity index (χ2n) is 4.24. The fourth-order valence-electron chi connectivity index (χ4n) is 1.54. The molecule has 112 valence electrons. The zero-order chi connectivity index (χ0) is 15.5. The molecule has 0 heterocycles. The first-order valence-corrected chi connectivity index (χ1v) is 7.41. The SMILES string of the molecule is CC(C/C(N)=N/O)N(C)S(=O)(=O)c1cc(F)ccc1Cl. The first-order valence-electron chi connectivity index (χ1n) is 5.59. The third-order valence-electron chi connectivity index (χ3n) is 2.80. The molecule has 1 atom stereocenters. The molecule has 1 aromatic rings. The van der Waals surface area contributed by atoms with Crippen LogP contribution in [0.5, 0.6) is 0 Å². The van der Waals surface area contributed by atoms with Crippen LogP contribution < -0.4 is 5.73 Å². The molecule has 0 bridgehead atoms. The van der Waals surface area contributed by atoms with Crippen molar-refractivity contribution in [3.05, 3.63) is 29.0 Å². The van der Waals surface area contributed by atoms with Gasteiger partial charge in [0.25, 0.3) is 0 Å². The van der Waals surface area contributed by atoms with E-state index in [1.54, 1.807) is 6.92 Å². The molecule has 0 saturated carbocycles. The van der Waals surface area contributed by atoms with Crippen LogP contribution in [0.4, 0.5) is 4.39 Å². The van der Waals surface area contributed by atoms with E-state index >= 15 is 0 Å². The van der Waals surface area contributed by atoms with Gasteiger partial charge in [0.1, 0.15) is 16.5 Å². The molecule has 1 aromatic carbocycles. The minimum Gasteiger partial charge on any atom is -0.409 e. The highest BCUT2D eigenvalue weighted by atomic mass is 35.5. The number of amidine groups is 1. The summed E-state index contributed by atoms with van der Waals surface area (Å²) in [7, 11) is -2.66. The van der Waals surface area contributed by atoms with Gasteiger partial charge in [-0.1, -0.05) is 16.8 Å². The molecule has 0 aromatic heterocycles. The van der Waals surface area contributed by atoms with E-state index < -0.39 is 21.9 Å². The Labute approximate surface area is 121 Å². The summed E-state index contributed by atoms with van der Waals surface area (Å²) in [5.41, 5.74) is 5.34. The Morgan fingerprint density at radius 2 is 2.20 bits per heavy atom. The fraction of sp³-hybridized carbons (Fsp3) is 0.364. The zero-order valence-electron chi connectivity index (χ0n) is 10.9. The van der Waals surface area contributed by atoms with Crippen molar-refractivity contribution in [1.82, 2.24) is 4.31 Å². The van der Waals surface area contributed by atoms with Crippen LogP contribution in [-0.4, -0.2) is 36.9 Å². The van der Waals surface area contributed by atoms with Gasteiger partial charge >= 0.3 is 0 Å². The highest BCUT2D eigenvalue weighted by Gasteiger charge is 2.28. The van der Waals surface area contributed by atoms with Crippen LogP contribution in [0.3, 0.4) is 0 Å². The summed E-state index contributed by atoms with van der Waals surface area (Å²) < 4.78 is 38.9. The lowest BCUT2D eigenvalue weighted by Gasteiger charge is -2.24. The summed E-state index contributed by atoms with van der Waals surface area (Å²) in [6, 6.07) is 2.51. The van der Waals surface area contributed by atoms with E-state index in [-0.39, 0.29) is 22.2 Å². The van der Waals surface area contributed by atoms with Crippen LogP contribution >= 0.6 is 11.6 Å². The Kier molecular flexibility index (Phi) is 5.32. The average Bonchev–Trinajstić information content (AvgIpc) is 2.40. The van der Waals surface area contributed by atoms with Crippen LogP contribution in [0.25, 0.3) is 0 Å². The Morgan fingerprint density at radius 3 is 2.75 bits per heavy atom. The van der Waals surface area contributed by atoms with E-state index in [2.05, 4.69) is 5.16 Å². The van der Waals surface area contributed by atoms with Crippen molar-refractivity contribution in [3.63, 3.8) is 0 Å². The molecule has 3 N–H and O–H groups in total. The lowest BCUT2D eigenvalue weighted by Crippen LogP contribution is -2.37. The van der Waals surface area contributed by atoms with Gasteiger partial charge in [-0.3, -0.25) is 0 Å². The molecule has 0 aliphatic carbocycles. The summed E-state index contributed by atoms with van der Waals surface area (Å²) in [5, 5.41) is 11.2. The van der Waals surface area contributed by atoms with Gasteiger partial charge in [0, 0.05) is 19.5 Å². The number of oxime groups is 1. The van der Waals surface area contributed by atoms with Gasteiger partial charge in [0.05, 0.1) is 5.02 Å². The maximum absolute atomic E-state index is 13.2. The number of rotatable bonds is 5. The van der Waals surface area contributed by atoms with Gasteiger partial charge in [-0.05, 0) is 25.1 Å². The fourth-order valence-corrected chi connectivity index (χ4v) is 3.38. The smallest absolute Gasteiger partial charge is 0.244 e. The van der Waals surface area contributed by atoms with Crippen LogP contribution in [0.1, 0.15) is 13.3 Å². The lowest BCUT2D eigenvalue weighted by atomic mass is 10.2. The lowest BCUT2D eigenvalue weighted by molar-refractivity contribution is 0.313. The first kappa shape index (κ1) is 16.7. The molecule has 20 heavy (non-hydrogen) atoms.